The molecular weight excluding hydrogens is 268 g/mol. The summed E-state index contributed by atoms with van der Waals surface area (Å²) in [5, 5.41) is 10.5. The van der Waals surface area contributed by atoms with Crippen molar-refractivity contribution >= 4 is 16.8 Å². The number of nitrogens with one attached hydrogen (secondary N) is 2. The van der Waals surface area contributed by atoms with Gasteiger partial charge in [0.1, 0.15) is 12.2 Å². The lowest BCUT2D eigenvalue weighted by molar-refractivity contribution is 0.0955. The minimum atomic E-state index is -0.161. The highest BCUT2D eigenvalue weighted by atomic mass is 16.1. The lowest BCUT2D eigenvalue weighted by atomic mass is 10.1. The summed E-state index contributed by atoms with van der Waals surface area (Å²) in [4.78, 5) is 24.6. The van der Waals surface area contributed by atoms with Gasteiger partial charge in [0.25, 0.3) is 5.91 Å². The van der Waals surface area contributed by atoms with E-state index in [4.69, 9.17) is 0 Å². The Morgan fingerprint density at radius 1 is 1.38 bits per heavy atom. The number of benzene rings is 1. The fourth-order valence-electron chi connectivity index (χ4n) is 2.08. The lowest BCUT2D eigenvalue weighted by Crippen LogP contribution is -2.26. The van der Waals surface area contributed by atoms with Gasteiger partial charge in [0.15, 0.2) is 5.82 Å². The predicted molar refractivity (Wildman–Crippen MR) is 76.7 cm³/mol. The SMILES string of the molecule is Cc1nc(CCNC(=O)c2cccc3cncnc23)n[nH]1. The number of nitrogens with zero attached hydrogens (tertiary/aromatic N) is 4. The number of fused-ring (bicyclic) bond motifs is 1. The molecule has 2 N–H and O–H groups in total. The van der Waals surface area contributed by atoms with Crippen molar-refractivity contribution in [3.63, 3.8) is 0 Å². The zero-order valence-corrected chi connectivity index (χ0v) is 11.5. The van der Waals surface area contributed by atoms with Gasteiger partial charge in [-0.2, -0.15) is 5.10 Å². The third-order valence-corrected chi connectivity index (χ3v) is 3.06. The zero-order chi connectivity index (χ0) is 14.7. The second-order valence-corrected chi connectivity index (χ2v) is 4.61. The van der Waals surface area contributed by atoms with Crippen LogP contribution in [0, 0.1) is 6.92 Å². The number of H-pyrrole nitrogens is 1. The van der Waals surface area contributed by atoms with Gasteiger partial charge in [0.05, 0.1) is 11.1 Å². The number of aryl methyl sites for hydroxylation is 1. The third-order valence-electron chi connectivity index (χ3n) is 3.06. The first kappa shape index (κ1) is 13.2. The largest absolute Gasteiger partial charge is 0.352 e. The molecule has 0 fully saturated rings. The van der Waals surface area contributed by atoms with Crippen LogP contribution in [-0.4, -0.2) is 37.6 Å². The van der Waals surface area contributed by atoms with Crippen molar-refractivity contribution < 1.29 is 4.79 Å². The minimum absolute atomic E-state index is 0.161. The molecular formula is C14H14N6O. The summed E-state index contributed by atoms with van der Waals surface area (Å²) >= 11 is 0. The average molecular weight is 282 g/mol. The molecule has 3 aromatic rings. The molecule has 0 spiro atoms. The molecule has 0 aliphatic rings. The highest BCUT2D eigenvalue weighted by Crippen LogP contribution is 2.14. The maximum atomic E-state index is 12.2. The number of aromatic amines is 1. The van der Waals surface area contributed by atoms with Crippen LogP contribution in [0.15, 0.2) is 30.7 Å². The van der Waals surface area contributed by atoms with Gasteiger partial charge in [0.2, 0.25) is 0 Å². The summed E-state index contributed by atoms with van der Waals surface area (Å²) in [6, 6.07) is 5.45. The Kier molecular flexibility index (Phi) is 3.55. The summed E-state index contributed by atoms with van der Waals surface area (Å²) in [6.07, 6.45) is 3.71. The molecule has 0 aliphatic carbocycles. The summed E-state index contributed by atoms with van der Waals surface area (Å²) < 4.78 is 0. The van der Waals surface area contributed by atoms with Crippen molar-refractivity contribution in [2.75, 3.05) is 6.54 Å². The molecule has 106 valence electrons. The number of para-hydroxylation sites is 1. The van der Waals surface area contributed by atoms with Gasteiger partial charge < -0.3 is 5.32 Å². The van der Waals surface area contributed by atoms with E-state index in [2.05, 4.69) is 30.5 Å². The highest BCUT2D eigenvalue weighted by molar-refractivity contribution is 6.05. The molecule has 1 aromatic carbocycles. The van der Waals surface area contributed by atoms with Crippen molar-refractivity contribution in [2.24, 2.45) is 0 Å². The van der Waals surface area contributed by atoms with E-state index in [1.807, 2.05) is 19.1 Å². The van der Waals surface area contributed by atoms with Crippen LogP contribution in [0.25, 0.3) is 10.9 Å². The standard InChI is InChI=1S/C14H14N6O/c1-9-18-12(20-19-9)5-6-16-14(21)11-4-2-3-10-7-15-8-17-13(10)11/h2-4,7-8H,5-6H2,1H3,(H,16,21)(H,18,19,20). The summed E-state index contributed by atoms with van der Waals surface area (Å²) in [7, 11) is 0. The number of aromatic nitrogens is 5. The first-order chi connectivity index (χ1) is 10.2. The van der Waals surface area contributed by atoms with E-state index < -0.39 is 0 Å². The smallest absolute Gasteiger partial charge is 0.253 e. The maximum Gasteiger partial charge on any atom is 0.253 e. The van der Waals surface area contributed by atoms with E-state index in [0.717, 1.165) is 11.2 Å². The molecule has 0 atom stereocenters. The van der Waals surface area contributed by atoms with Crippen LogP contribution in [0.2, 0.25) is 0 Å². The lowest BCUT2D eigenvalue weighted by Gasteiger charge is -2.06. The van der Waals surface area contributed by atoms with Crippen molar-refractivity contribution in [3.05, 3.63) is 47.9 Å². The zero-order valence-electron chi connectivity index (χ0n) is 11.5. The van der Waals surface area contributed by atoms with Gasteiger partial charge in [-0.3, -0.25) is 9.89 Å². The molecule has 1 amide bonds. The van der Waals surface area contributed by atoms with Crippen LogP contribution >= 0.6 is 0 Å². The van der Waals surface area contributed by atoms with Crippen molar-refractivity contribution in [1.29, 1.82) is 0 Å². The molecule has 0 bridgehead atoms. The van der Waals surface area contributed by atoms with E-state index in [1.54, 1.807) is 12.3 Å². The van der Waals surface area contributed by atoms with Crippen LogP contribution in [-0.2, 0) is 6.42 Å². The first-order valence-corrected chi connectivity index (χ1v) is 6.59. The van der Waals surface area contributed by atoms with Crippen molar-refractivity contribution in [2.45, 2.75) is 13.3 Å². The fraction of sp³-hybridized carbons (Fsp3) is 0.214. The van der Waals surface area contributed by atoms with E-state index in [-0.39, 0.29) is 5.91 Å². The van der Waals surface area contributed by atoms with Gasteiger partial charge in [-0.1, -0.05) is 12.1 Å². The first-order valence-electron chi connectivity index (χ1n) is 6.59. The summed E-state index contributed by atoms with van der Waals surface area (Å²) in [5.74, 6) is 1.29. The van der Waals surface area contributed by atoms with Crippen LogP contribution in [0.4, 0.5) is 0 Å². The van der Waals surface area contributed by atoms with Crippen LogP contribution in [0.3, 0.4) is 0 Å². The number of carbonyl (C=O) groups excluding carboxylic acids is 1. The van der Waals surface area contributed by atoms with E-state index in [1.165, 1.54) is 6.33 Å². The van der Waals surface area contributed by atoms with Crippen LogP contribution in [0.5, 0.6) is 0 Å². The molecule has 0 aliphatic heterocycles. The number of amides is 1. The number of hydrogen-bond acceptors (Lipinski definition) is 5. The summed E-state index contributed by atoms with van der Waals surface area (Å²) in [5.41, 5.74) is 1.19. The third kappa shape index (κ3) is 2.86. The topological polar surface area (TPSA) is 96.5 Å². The van der Waals surface area contributed by atoms with Crippen LogP contribution in [0.1, 0.15) is 22.0 Å². The van der Waals surface area contributed by atoms with Gasteiger partial charge >= 0.3 is 0 Å². The quantitative estimate of drug-likeness (QED) is 0.745. The Morgan fingerprint density at radius 3 is 3.10 bits per heavy atom. The maximum absolute atomic E-state index is 12.2. The van der Waals surface area contributed by atoms with E-state index in [9.17, 15) is 4.79 Å². The molecule has 7 heteroatoms. The van der Waals surface area contributed by atoms with Crippen molar-refractivity contribution in [3.8, 4) is 0 Å². The minimum Gasteiger partial charge on any atom is -0.352 e. The predicted octanol–water partition coefficient (Wildman–Crippen LogP) is 1.03. The Hall–Kier alpha value is -2.83. The number of carbonyl (C=O) groups is 1. The second-order valence-electron chi connectivity index (χ2n) is 4.61. The van der Waals surface area contributed by atoms with E-state index >= 15 is 0 Å². The Balaban J connectivity index is 1.69. The van der Waals surface area contributed by atoms with Gasteiger partial charge in [0, 0.05) is 24.5 Å². The van der Waals surface area contributed by atoms with Gasteiger partial charge in [-0.05, 0) is 13.0 Å². The number of hydrogen-bond donors (Lipinski definition) is 2. The van der Waals surface area contributed by atoms with Crippen LogP contribution < -0.4 is 5.32 Å². The molecule has 7 nitrogen and oxygen atoms in total. The van der Waals surface area contributed by atoms with E-state index in [0.29, 0.717) is 29.9 Å². The normalized spacial score (nSPS) is 10.7. The molecule has 2 aromatic heterocycles. The average Bonchev–Trinajstić information content (AvgIpc) is 2.92. The molecule has 0 unspecified atom stereocenters. The van der Waals surface area contributed by atoms with Gasteiger partial charge in [-0.15, -0.1) is 0 Å². The molecule has 0 radical (unpaired) electrons. The molecule has 0 saturated heterocycles. The second kappa shape index (κ2) is 5.66. The highest BCUT2D eigenvalue weighted by Gasteiger charge is 2.10. The van der Waals surface area contributed by atoms with Gasteiger partial charge in [-0.25, -0.2) is 15.0 Å². The number of rotatable bonds is 4. The molecule has 21 heavy (non-hydrogen) atoms. The molecule has 2 heterocycles. The fourth-order valence-corrected chi connectivity index (χ4v) is 2.08. The van der Waals surface area contributed by atoms with Crippen molar-refractivity contribution in [1.82, 2.24) is 30.5 Å². The monoisotopic (exact) mass is 282 g/mol. The Bertz CT molecular complexity index is 776. The molecule has 3 rings (SSSR count). The molecule has 0 saturated carbocycles. The summed E-state index contributed by atoms with van der Waals surface area (Å²) in [6.45, 7) is 2.31. The Morgan fingerprint density at radius 2 is 2.29 bits per heavy atom. The Labute approximate surface area is 120 Å².